The van der Waals surface area contributed by atoms with E-state index in [2.05, 4.69) is 24.4 Å². The molecular formula is C23H43NO3. The summed E-state index contributed by atoms with van der Waals surface area (Å²) in [7, 11) is 0. The molecule has 4 nitrogen and oxygen atoms in total. The van der Waals surface area contributed by atoms with Gasteiger partial charge in [-0.1, -0.05) is 77.4 Å². The Morgan fingerprint density at radius 1 is 0.778 bits per heavy atom. The fraction of sp³-hybridized carbons (Fsp3) is 0.826. The molecule has 1 N–H and O–H groups in total. The van der Waals surface area contributed by atoms with Crippen molar-refractivity contribution >= 4 is 11.9 Å². The summed E-state index contributed by atoms with van der Waals surface area (Å²) in [6, 6.07) is 0. The fourth-order valence-electron chi connectivity index (χ4n) is 2.89. The van der Waals surface area contributed by atoms with E-state index in [9.17, 15) is 9.59 Å². The van der Waals surface area contributed by atoms with E-state index in [4.69, 9.17) is 4.74 Å². The molecule has 0 aliphatic rings. The van der Waals surface area contributed by atoms with E-state index in [-0.39, 0.29) is 18.5 Å². The van der Waals surface area contributed by atoms with Gasteiger partial charge in [0.15, 0.2) is 0 Å². The van der Waals surface area contributed by atoms with Crippen molar-refractivity contribution in [3.8, 4) is 0 Å². The number of ether oxygens (including phenoxy) is 1. The van der Waals surface area contributed by atoms with Crippen molar-refractivity contribution in [3.63, 3.8) is 0 Å². The minimum atomic E-state index is -0.154. The van der Waals surface area contributed by atoms with Crippen molar-refractivity contribution in [2.45, 2.75) is 110 Å². The van der Waals surface area contributed by atoms with Gasteiger partial charge in [0.1, 0.15) is 6.61 Å². The lowest BCUT2D eigenvalue weighted by Crippen LogP contribution is -2.27. The van der Waals surface area contributed by atoms with E-state index in [1.807, 2.05) is 0 Å². The zero-order valence-corrected chi connectivity index (χ0v) is 17.9. The summed E-state index contributed by atoms with van der Waals surface area (Å²) in [6.07, 6.45) is 21.9. The van der Waals surface area contributed by atoms with Crippen molar-refractivity contribution in [2.75, 3.05) is 13.2 Å². The van der Waals surface area contributed by atoms with Crippen LogP contribution < -0.4 is 5.32 Å². The predicted molar refractivity (Wildman–Crippen MR) is 114 cm³/mol. The Morgan fingerprint density at radius 3 is 1.93 bits per heavy atom. The zero-order chi connectivity index (χ0) is 20.0. The van der Waals surface area contributed by atoms with Crippen LogP contribution >= 0.6 is 0 Å². The molecule has 158 valence electrons. The van der Waals surface area contributed by atoms with Crippen LogP contribution in [0.5, 0.6) is 0 Å². The number of allylic oxidation sites excluding steroid dienone is 2. The van der Waals surface area contributed by atoms with Crippen molar-refractivity contribution < 1.29 is 14.3 Å². The smallest absolute Gasteiger partial charge is 0.305 e. The topological polar surface area (TPSA) is 55.4 Å². The first kappa shape index (κ1) is 25.7. The summed E-state index contributed by atoms with van der Waals surface area (Å²) in [5, 5.41) is 2.69. The fourth-order valence-corrected chi connectivity index (χ4v) is 2.89. The molecule has 0 aliphatic heterocycles. The van der Waals surface area contributed by atoms with E-state index in [1.54, 1.807) is 6.92 Å². The summed E-state index contributed by atoms with van der Waals surface area (Å²) in [4.78, 5) is 22.6. The number of nitrogens with one attached hydrogen (secondary N) is 1. The normalized spacial score (nSPS) is 11.0. The van der Waals surface area contributed by atoms with Crippen LogP contribution in [-0.2, 0) is 14.3 Å². The molecule has 0 aromatic carbocycles. The van der Waals surface area contributed by atoms with Crippen molar-refractivity contribution in [1.29, 1.82) is 0 Å². The molecule has 0 bridgehead atoms. The van der Waals surface area contributed by atoms with Crippen LogP contribution in [0, 0.1) is 0 Å². The van der Waals surface area contributed by atoms with Crippen LogP contribution in [0.2, 0.25) is 0 Å². The maximum atomic E-state index is 11.5. The number of carbonyl (C=O) groups excluding carboxylic acids is 2. The third-order valence-corrected chi connectivity index (χ3v) is 4.65. The van der Waals surface area contributed by atoms with Crippen LogP contribution in [0.1, 0.15) is 110 Å². The maximum absolute atomic E-state index is 11.5. The molecule has 0 unspecified atom stereocenters. The molecule has 1 amide bonds. The lowest BCUT2D eigenvalue weighted by atomic mass is 10.1. The summed E-state index contributed by atoms with van der Waals surface area (Å²) < 4.78 is 5.09. The molecule has 0 aromatic rings. The Bertz CT molecular complexity index is 380. The summed E-state index contributed by atoms with van der Waals surface area (Å²) in [6.45, 7) is 4.74. The van der Waals surface area contributed by atoms with Gasteiger partial charge in [0.2, 0.25) is 5.91 Å². The quantitative estimate of drug-likeness (QED) is 0.167. The molecule has 0 fully saturated rings. The van der Waals surface area contributed by atoms with E-state index in [0.29, 0.717) is 19.4 Å². The Balaban J connectivity index is 3.24. The molecule has 0 aromatic heterocycles. The summed E-state index contributed by atoms with van der Waals surface area (Å²) in [5.41, 5.74) is 0. The molecule has 0 radical (unpaired) electrons. The average Bonchev–Trinajstić information content (AvgIpc) is 2.68. The Hall–Kier alpha value is -1.32. The van der Waals surface area contributed by atoms with Gasteiger partial charge in [0.05, 0.1) is 6.54 Å². The molecule has 0 heterocycles. The first-order valence-electron chi connectivity index (χ1n) is 11.3. The molecule has 4 heteroatoms. The van der Waals surface area contributed by atoms with E-state index < -0.39 is 0 Å². The van der Waals surface area contributed by atoms with Gasteiger partial charge in [-0.3, -0.25) is 9.59 Å². The molecule has 0 spiro atoms. The SMILES string of the molecule is CCCCCCCC/C=C\CCCCCCCC(=O)OCCNC(=O)CC. The summed E-state index contributed by atoms with van der Waals surface area (Å²) in [5.74, 6) is -0.165. The van der Waals surface area contributed by atoms with Gasteiger partial charge < -0.3 is 10.1 Å². The van der Waals surface area contributed by atoms with Crippen molar-refractivity contribution in [1.82, 2.24) is 5.32 Å². The number of hydrogen-bond donors (Lipinski definition) is 1. The number of amides is 1. The first-order valence-corrected chi connectivity index (χ1v) is 11.3. The van der Waals surface area contributed by atoms with Crippen molar-refractivity contribution in [2.24, 2.45) is 0 Å². The second kappa shape index (κ2) is 21.0. The van der Waals surface area contributed by atoms with Crippen LogP contribution in [0.15, 0.2) is 12.2 Å². The minimum Gasteiger partial charge on any atom is -0.464 e. The first-order chi connectivity index (χ1) is 13.2. The van der Waals surface area contributed by atoms with Gasteiger partial charge in [-0.15, -0.1) is 0 Å². The average molecular weight is 382 g/mol. The van der Waals surface area contributed by atoms with Gasteiger partial charge in [-0.05, 0) is 32.1 Å². The van der Waals surface area contributed by atoms with Crippen molar-refractivity contribution in [3.05, 3.63) is 12.2 Å². The highest BCUT2D eigenvalue weighted by Gasteiger charge is 2.03. The van der Waals surface area contributed by atoms with E-state index in [0.717, 1.165) is 12.8 Å². The van der Waals surface area contributed by atoms with Gasteiger partial charge in [-0.2, -0.15) is 0 Å². The standard InChI is InChI=1S/C23H43NO3/c1-3-5-6-7-8-9-10-11-12-13-14-15-16-17-18-19-23(26)27-21-20-24-22(25)4-2/h11-12H,3-10,13-21H2,1-2H3,(H,24,25)/b12-11-. The van der Waals surface area contributed by atoms with Crippen LogP contribution in [0.3, 0.4) is 0 Å². The van der Waals surface area contributed by atoms with E-state index >= 15 is 0 Å². The van der Waals surface area contributed by atoms with Gasteiger partial charge in [0.25, 0.3) is 0 Å². The number of rotatable bonds is 19. The highest BCUT2D eigenvalue weighted by atomic mass is 16.5. The second-order valence-corrected chi connectivity index (χ2v) is 7.26. The maximum Gasteiger partial charge on any atom is 0.305 e. The zero-order valence-electron chi connectivity index (χ0n) is 17.9. The largest absolute Gasteiger partial charge is 0.464 e. The number of esters is 1. The molecular weight excluding hydrogens is 338 g/mol. The number of carbonyl (C=O) groups is 2. The van der Waals surface area contributed by atoms with Gasteiger partial charge in [0, 0.05) is 12.8 Å². The molecule has 0 saturated carbocycles. The van der Waals surface area contributed by atoms with Crippen LogP contribution in [0.25, 0.3) is 0 Å². The Kier molecular flexibility index (Phi) is 20.0. The number of hydrogen-bond acceptors (Lipinski definition) is 3. The minimum absolute atomic E-state index is 0.0108. The molecule has 27 heavy (non-hydrogen) atoms. The molecule has 0 atom stereocenters. The highest BCUT2D eigenvalue weighted by Crippen LogP contribution is 2.10. The summed E-state index contributed by atoms with van der Waals surface area (Å²) >= 11 is 0. The molecule has 0 saturated heterocycles. The Labute approximate surface area is 167 Å². The predicted octanol–water partition coefficient (Wildman–Crippen LogP) is 6.09. The van der Waals surface area contributed by atoms with Gasteiger partial charge in [-0.25, -0.2) is 0 Å². The second-order valence-electron chi connectivity index (χ2n) is 7.26. The number of unbranched alkanes of at least 4 members (excludes halogenated alkanes) is 11. The highest BCUT2D eigenvalue weighted by molar-refractivity contribution is 5.75. The van der Waals surface area contributed by atoms with Gasteiger partial charge >= 0.3 is 5.97 Å². The lowest BCUT2D eigenvalue weighted by molar-refractivity contribution is -0.144. The third kappa shape index (κ3) is 20.8. The molecule has 0 rings (SSSR count). The van der Waals surface area contributed by atoms with Crippen LogP contribution in [0.4, 0.5) is 0 Å². The monoisotopic (exact) mass is 381 g/mol. The third-order valence-electron chi connectivity index (χ3n) is 4.65. The molecule has 0 aliphatic carbocycles. The van der Waals surface area contributed by atoms with Crippen LogP contribution in [-0.4, -0.2) is 25.0 Å². The Morgan fingerprint density at radius 2 is 1.33 bits per heavy atom. The van der Waals surface area contributed by atoms with E-state index in [1.165, 1.54) is 70.6 Å². The lowest BCUT2D eigenvalue weighted by Gasteiger charge is -2.06.